The Morgan fingerprint density at radius 2 is 1.85 bits per heavy atom. The maximum absolute atomic E-state index is 6.01. The molecule has 1 aliphatic carbocycles. The summed E-state index contributed by atoms with van der Waals surface area (Å²) in [6.45, 7) is 0. The summed E-state index contributed by atoms with van der Waals surface area (Å²) in [7, 11) is 0. The third-order valence-corrected chi connectivity index (χ3v) is 2.54. The van der Waals surface area contributed by atoms with Crippen molar-refractivity contribution in [3.63, 3.8) is 0 Å². The fourth-order valence-electron chi connectivity index (χ4n) is 1.58. The molecule has 0 amide bonds. The lowest BCUT2D eigenvalue weighted by Crippen LogP contribution is -2.24. The monoisotopic (exact) mass is 178 g/mol. The van der Waals surface area contributed by atoms with Crippen LogP contribution in [0.2, 0.25) is 0 Å². The molecular formula is C11H18N2. The SMILES string of the molecule is N.NC(Cc1ccccc1)C1CC1. The van der Waals surface area contributed by atoms with Crippen molar-refractivity contribution in [1.82, 2.24) is 6.15 Å². The average molecular weight is 178 g/mol. The van der Waals surface area contributed by atoms with E-state index in [1.165, 1.54) is 18.4 Å². The standard InChI is InChI=1S/C11H15N.H3N/c12-11(10-6-7-10)8-9-4-2-1-3-5-9;/h1-5,10-11H,6-8,12H2;1H3. The maximum atomic E-state index is 6.01. The Kier molecular flexibility index (Phi) is 3.46. The predicted molar refractivity (Wildman–Crippen MR) is 55.9 cm³/mol. The van der Waals surface area contributed by atoms with Crippen molar-refractivity contribution >= 4 is 0 Å². The van der Waals surface area contributed by atoms with Crippen LogP contribution in [0.15, 0.2) is 30.3 Å². The molecule has 0 saturated heterocycles. The molecule has 2 nitrogen and oxygen atoms in total. The number of nitrogens with two attached hydrogens (primary N) is 1. The Morgan fingerprint density at radius 3 is 2.38 bits per heavy atom. The van der Waals surface area contributed by atoms with Crippen molar-refractivity contribution in [2.75, 3.05) is 0 Å². The Morgan fingerprint density at radius 1 is 1.23 bits per heavy atom. The molecule has 0 heterocycles. The third kappa shape index (κ3) is 2.83. The first-order chi connectivity index (χ1) is 5.86. The molecule has 0 radical (unpaired) electrons. The zero-order chi connectivity index (χ0) is 8.39. The molecule has 1 saturated carbocycles. The van der Waals surface area contributed by atoms with E-state index in [1.54, 1.807) is 0 Å². The normalized spacial score (nSPS) is 17.6. The Hall–Kier alpha value is -0.860. The minimum Gasteiger partial charge on any atom is -0.344 e. The van der Waals surface area contributed by atoms with Gasteiger partial charge in [-0.15, -0.1) is 0 Å². The van der Waals surface area contributed by atoms with E-state index in [-0.39, 0.29) is 6.15 Å². The molecule has 0 spiro atoms. The van der Waals surface area contributed by atoms with Gasteiger partial charge in [-0.3, -0.25) is 0 Å². The van der Waals surface area contributed by atoms with Crippen LogP contribution in [0.25, 0.3) is 0 Å². The number of hydrogen-bond acceptors (Lipinski definition) is 2. The number of hydrogen-bond donors (Lipinski definition) is 2. The molecule has 5 N–H and O–H groups in total. The van der Waals surface area contributed by atoms with E-state index in [2.05, 4.69) is 24.3 Å². The average Bonchev–Trinajstić information content (AvgIpc) is 2.88. The molecule has 1 aliphatic rings. The van der Waals surface area contributed by atoms with Gasteiger partial charge in [0.1, 0.15) is 0 Å². The van der Waals surface area contributed by atoms with E-state index in [1.807, 2.05) is 6.07 Å². The van der Waals surface area contributed by atoms with Gasteiger partial charge in [0, 0.05) is 6.04 Å². The summed E-state index contributed by atoms with van der Waals surface area (Å²) in [4.78, 5) is 0. The highest BCUT2D eigenvalue weighted by Crippen LogP contribution is 2.32. The predicted octanol–water partition coefficient (Wildman–Crippen LogP) is 2.13. The Balaban J connectivity index is 0.000000845. The smallest absolute Gasteiger partial charge is 0.0108 e. The van der Waals surface area contributed by atoms with Crippen LogP contribution in [0, 0.1) is 5.92 Å². The van der Waals surface area contributed by atoms with Crippen molar-refractivity contribution in [2.45, 2.75) is 25.3 Å². The second kappa shape index (κ2) is 4.40. The first kappa shape index (κ1) is 10.2. The molecule has 1 atom stereocenters. The first-order valence-electron chi connectivity index (χ1n) is 4.66. The second-order valence-electron chi connectivity index (χ2n) is 3.69. The third-order valence-electron chi connectivity index (χ3n) is 2.54. The molecule has 0 aliphatic heterocycles. The minimum atomic E-state index is 0. The minimum absolute atomic E-state index is 0. The zero-order valence-corrected chi connectivity index (χ0v) is 7.95. The first-order valence-corrected chi connectivity index (χ1v) is 4.66. The highest BCUT2D eigenvalue weighted by Gasteiger charge is 2.28. The van der Waals surface area contributed by atoms with Crippen LogP contribution in [0.1, 0.15) is 18.4 Å². The van der Waals surface area contributed by atoms with Crippen LogP contribution < -0.4 is 11.9 Å². The van der Waals surface area contributed by atoms with Gasteiger partial charge >= 0.3 is 0 Å². The number of rotatable bonds is 3. The van der Waals surface area contributed by atoms with E-state index in [4.69, 9.17) is 5.73 Å². The van der Waals surface area contributed by atoms with Crippen molar-refractivity contribution in [3.8, 4) is 0 Å². The summed E-state index contributed by atoms with van der Waals surface area (Å²) < 4.78 is 0. The van der Waals surface area contributed by atoms with Gasteiger partial charge in [-0.1, -0.05) is 30.3 Å². The van der Waals surface area contributed by atoms with E-state index in [0.717, 1.165) is 12.3 Å². The second-order valence-corrected chi connectivity index (χ2v) is 3.69. The molecule has 13 heavy (non-hydrogen) atoms. The molecule has 1 aromatic rings. The Labute approximate surface area is 79.7 Å². The fourth-order valence-corrected chi connectivity index (χ4v) is 1.58. The quantitative estimate of drug-likeness (QED) is 0.744. The lowest BCUT2D eigenvalue weighted by atomic mass is 10.0. The van der Waals surface area contributed by atoms with E-state index in [9.17, 15) is 0 Å². The fraction of sp³-hybridized carbons (Fsp3) is 0.455. The molecule has 1 unspecified atom stereocenters. The molecule has 2 rings (SSSR count). The van der Waals surface area contributed by atoms with E-state index in [0.29, 0.717) is 6.04 Å². The van der Waals surface area contributed by atoms with Crippen LogP contribution in [-0.2, 0) is 6.42 Å². The topological polar surface area (TPSA) is 61.0 Å². The lowest BCUT2D eigenvalue weighted by molar-refractivity contribution is 0.592. The van der Waals surface area contributed by atoms with Crippen molar-refractivity contribution in [3.05, 3.63) is 35.9 Å². The van der Waals surface area contributed by atoms with Gasteiger partial charge in [0.05, 0.1) is 0 Å². The van der Waals surface area contributed by atoms with Crippen LogP contribution >= 0.6 is 0 Å². The highest BCUT2D eigenvalue weighted by molar-refractivity contribution is 5.16. The molecule has 1 fully saturated rings. The van der Waals surface area contributed by atoms with Gasteiger partial charge in [0.2, 0.25) is 0 Å². The van der Waals surface area contributed by atoms with Gasteiger partial charge < -0.3 is 11.9 Å². The van der Waals surface area contributed by atoms with E-state index < -0.39 is 0 Å². The van der Waals surface area contributed by atoms with Gasteiger partial charge in [-0.25, -0.2) is 0 Å². The van der Waals surface area contributed by atoms with Crippen molar-refractivity contribution in [1.29, 1.82) is 0 Å². The summed E-state index contributed by atoms with van der Waals surface area (Å²) in [6, 6.07) is 10.9. The number of benzene rings is 1. The molecule has 0 aromatic heterocycles. The summed E-state index contributed by atoms with van der Waals surface area (Å²) in [5, 5.41) is 0. The summed E-state index contributed by atoms with van der Waals surface area (Å²) in [6.07, 6.45) is 3.73. The summed E-state index contributed by atoms with van der Waals surface area (Å²) in [5.41, 5.74) is 7.38. The Bertz CT molecular complexity index is 242. The van der Waals surface area contributed by atoms with Gasteiger partial charge in [-0.2, -0.15) is 0 Å². The van der Waals surface area contributed by atoms with Crippen LogP contribution in [-0.4, -0.2) is 6.04 Å². The van der Waals surface area contributed by atoms with Gasteiger partial charge in [-0.05, 0) is 30.7 Å². The molecular weight excluding hydrogens is 160 g/mol. The molecule has 72 valence electrons. The summed E-state index contributed by atoms with van der Waals surface area (Å²) in [5.74, 6) is 0.810. The van der Waals surface area contributed by atoms with Crippen molar-refractivity contribution < 1.29 is 0 Å². The van der Waals surface area contributed by atoms with Gasteiger partial charge in [0.25, 0.3) is 0 Å². The lowest BCUT2D eigenvalue weighted by Gasteiger charge is -2.09. The largest absolute Gasteiger partial charge is 0.344 e. The molecule has 1 aromatic carbocycles. The van der Waals surface area contributed by atoms with Crippen LogP contribution in [0.3, 0.4) is 0 Å². The zero-order valence-electron chi connectivity index (χ0n) is 7.95. The highest BCUT2D eigenvalue weighted by atomic mass is 14.7. The molecule has 0 bridgehead atoms. The molecule has 2 heteroatoms. The van der Waals surface area contributed by atoms with Crippen LogP contribution in [0.5, 0.6) is 0 Å². The summed E-state index contributed by atoms with van der Waals surface area (Å²) >= 11 is 0. The maximum Gasteiger partial charge on any atom is 0.0108 e. The van der Waals surface area contributed by atoms with E-state index >= 15 is 0 Å². The van der Waals surface area contributed by atoms with Crippen molar-refractivity contribution in [2.24, 2.45) is 11.7 Å². The van der Waals surface area contributed by atoms with Crippen LogP contribution in [0.4, 0.5) is 0 Å². The van der Waals surface area contributed by atoms with Gasteiger partial charge in [0.15, 0.2) is 0 Å².